The number of nitrogens with one attached hydrogen (secondary N) is 1. The zero-order valence-corrected chi connectivity index (χ0v) is 16.6. The molecule has 0 unspecified atom stereocenters. The number of hydrogen-bond donors (Lipinski definition) is 1. The number of piperazine rings is 1. The lowest BCUT2D eigenvalue weighted by Crippen LogP contribution is -2.53. The molecule has 2 atom stereocenters. The summed E-state index contributed by atoms with van der Waals surface area (Å²) < 4.78 is 24.7. The number of sulfonamides is 1. The van der Waals surface area contributed by atoms with E-state index >= 15 is 0 Å². The topological polar surface area (TPSA) is 73.0 Å². The molecule has 1 aromatic carbocycles. The summed E-state index contributed by atoms with van der Waals surface area (Å²) >= 11 is 5.98. The Morgan fingerprint density at radius 1 is 1.08 bits per heavy atom. The fourth-order valence-corrected chi connectivity index (χ4v) is 4.66. The van der Waals surface area contributed by atoms with Crippen LogP contribution in [0.2, 0.25) is 5.02 Å². The van der Waals surface area contributed by atoms with Gasteiger partial charge >= 0.3 is 6.03 Å². The van der Waals surface area contributed by atoms with E-state index in [4.69, 9.17) is 11.6 Å². The van der Waals surface area contributed by atoms with E-state index in [0.717, 1.165) is 5.56 Å². The predicted molar refractivity (Wildman–Crippen MR) is 102 cm³/mol. The summed E-state index contributed by atoms with van der Waals surface area (Å²) in [5, 5.41) is 4.01. The van der Waals surface area contributed by atoms with Gasteiger partial charge in [-0.3, -0.25) is 0 Å². The molecule has 2 heterocycles. The molecular weight excluding hydrogens is 376 g/mol. The number of nitrogens with zero attached hydrogens (tertiary/aromatic N) is 3. The van der Waals surface area contributed by atoms with Crippen LogP contribution in [0.25, 0.3) is 0 Å². The predicted octanol–water partition coefficient (Wildman–Crippen LogP) is 1.02. The highest BCUT2D eigenvalue weighted by Gasteiger charge is 2.38. The lowest BCUT2D eigenvalue weighted by molar-refractivity contribution is 0.141. The van der Waals surface area contributed by atoms with Gasteiger partial charge in [0.2, 0.25) is 10.0 Å². The minimum atomic E-state index is -3.19. The Labute approximate surface area is 159 Å². The molecule has 0 bridgehead atoms. The van der Waals surface area contributed by atoms with Crippen molar-refractivity contribution in [2.24, 2.45) is 0 Å². The van der Waals surface area contributed by atoms with Crippen molar-refractivity contribution in [1.29, 1.82) is 0 Å². The van der Waals surface area contributed by atoms with Gasteiger partial charge in [0.25, 0.3) is 0 Å². The van der Waals surface area contributed by atoms with Crippen molar-refractivity contribution in [3.8, 4) is 0 Å². The fourth-order valence-electron chi connectivity index (χ4n) is 3.71. The zero-order valence-electron chi connectivity index (χ0n) is 15.1. The van der Waals surface area contributed by atoms with Gasteiger partial charge in [-0.2, -0.15) is 4.31 Å². The third-order valence-corrected chi connectivity index (χ3v) is 6.79. The Hall–Kier alpha value is -1.35. The Morgan fingerprint density at radius 2 is 1.69 bits per heavy atom. The van der Waals surface area contributed by atoms with Crippen LogP contribution >= 0.6 is 11.6 Å². The molecule has 9 heteroatoms. The molecule has 2 saturated heterocycles. The molecular formula is C17H25ClN4O3S. The van der Waals surface area contributed by atoms with Crippen molar-refractivity contribution in [3.63, 3.8) is 0 Å². The van der Waals surface area contributed by atoms with Gasteiger partial charge < -0.3 is 15.1 Å². The normalized spacial score (nSPS) is 24.9. The minimum Gasteiger partial charge on any atom is -0.322 e. The van der Waals surface area contributed by atoms with E-state index in [1.165, 1.54) is 10.6 Å². The minimum absolute atomic E-state index is 0.0186. The molecule has 0 aromatic heterocycles. The van der Waals surface area contributed by atoms with E-state index in [-0.39, 0.29) is 18.0 Å². The van der Waals surface area contributed by atoms with E-state index in [1.54, 1.807) is 4.90 Å². The third-order valence-electron chi connectivity index (χ3n) is 5.24. The number of carbonyl (C=O) groups excluding carboxylic acids is 1. The van der Waals surface area contributed by atoms with Gasteiger partial charge in [0, 0.05) is 56.3 Å². The molecule has 1 N–H and O–H groups in total. The third kappa shape index (κ3) is 4.14. The Bertz CT molecular complexity index is 748. The van der Waals surface area contributed by atoms with E-state index in [9.17, 15) is 13.2 Å². The monoisotopic (exact) mass is 400 g/mol. The molecule has 26 heavy (non-hydrogen) atoms. The summed E-state index contributed by atoms with van der Waals surface area (Å²) in [5.41, 5.74) is 1.16. The van der Waals surface area contributed by atoms with Crippen LogP contribution in [0.1, 0.15) is 11.5 Å². The van der Waals surface area contributed by atoms with Crippen LogP contribution in [0.15, 0.2) is 24.3 Å². The Morgan fingerprint density at radius 3 is 2.23 bits per heavy atom. The molecule has 2 aliphatic heterocycles. The molecule has 0 saturated carbocycles. The molecule has 2 aliphatic rings. The van der Waals surface area contributed by atoms with E-state index in [0.29, 0.717) is 44.3 Å². The lowest BCUT2D eigenvalue weighted by Gasteiger charge is -2.35. The second-order valence-electron chi connectivity index (χ2n) is 6.89. The highest BCUT2D eigenvalue weighted by Crippen LogP contribution is 2.29. The van der Waals surface area contributed by atoms with Gasteiger partial charge in [-0.25, -0.2) is 13.2 Å². The number of amides is 2. The lowest BCUT2D eigenvalue weighted by atomic mass is 9.94. The first-order valence-electron chi connectivity index (χ1n) is 8.71. The maximum absolute atomic E-state index is 12.9. The fraction of sp³-hybridized carbons (Fsp3) is 0.588. The van der Waals surface area contributed by atoms with Gasteiger partial charge in [-0.1, -0.05) is 23.7 Å². The van der Waals surface area contributed by atoms with E-state index in [2.05, 4.69) is 5.32 Å². The van der Waals surface area contributed by atoms with Crippen LogP contribution in [-0.4, -0.2) is 87.2 Å². The van der Waals surface area contributed by atoms with Crippen molar-refractivity contribution in [2.75, 3.05) is 52.6 Å². The van der Waals surface area contributed by atoms with Crippen LogP contribution in [0.3, 0.4) is 0 Å². The van der Waals surface area contributed by atoms with Gasteiger partial charge in [0.1, 0.15) is 0 Å². The van der Waals surface area contributed by atoms with E-state index < -0.39 is 10.0 Å². The maximum atomic E-state index is 12.9. The number of likely N-dealkylation sites (N-methyl/N-ethyl adjacent to an activating group) is 1. The number of carbonyl (C=O) groups is 1. The quantitative estimate of drug-likeness (QED) is 0.822. The number of hydrogen-bond acceptors (Lipinski definition) is 4. The van der Waals surface area contributed by atoms with Crippen LogP contribution in [0.5, 0.6) is 0 Å². The summed E-state index contributed by atoms with van der Waals surface area (Å²) in [7, 11) is -1.28. The van der Waals surface area contributed by atoms with Crippen molar-refractivity contribution in [2.45, 2.75) is 12.0 Å². The number of likely N-dealkylation sites (tertiary alicyclic amines) is 1. The van der Waals surface area contributed by atoms with Gasteiger partial charge in [-0.05, 0) is 24.7 Å². The van der Waals surface area contributed by atoms with Crippen molar-refractivity contribution >= 4 is 27.7 Å². The molecule has 2 fully saturated rings. The van der Waals surface area contributed by atoms with Crippen molar-refractivity contribution in [3.05, 3.63) is 34.9 Å². The summed E-state index contributed by atoms with van der Waals surface area (Å²) in [6.45, 7) is 2.84. The molecule has 144 valence electrons. The van der Waals surface area contributed by atoms with Crippen molar-refractivity contribution < 1.29 is 13.2 Å². The van der Waals surface area contributed by atoms with Crippen LogP contribution in [-0.2, 0) is 10.0 Å². The van der Waals surface area contributed by atoms with Crippen LogP contribution in [0.4, 0.5) is 4.79 Å². The average molecular weight is 401 g/mol. The standard InChI is InChI=1S/C17H25ClN4O3S/c1-19-16-12-21(11-15(16)13-3-5-14(18)6-4-13)17(23)20-7-9-22(10-8-20)26(2,24)25/h3-6,15-16,19H,7-12H2,1-2H3/t15-,16+/m0/s1. The molecule has 0 aliphatic carbocycles. The van der Waals surface area contributed by atoms with Crippen molar-refractivity contribution in [1.82, 2.24) is 19.4 Å². The van der Waals surface area contributed by atoms with E-state index in [1.807, 2.05) is 36.2 Å². The Balaban J connectivity index is 1.65. The smallest absolute Gasteiger partial charge is 0.320 e. The summed E-state index contributed by atoms with van der Waals surface area (Å²) in [5.74, 6) is 0.207. The summed E-state index contributed by atoms with van der Waals surface area (Å²) in [4.78, 5) is 16.5. The second kappa shape index (κ2) is 7.72. The number of benzene rings is 1. The highest BCUT2D eigenvalue weighted by atomic mass is 35.5. The zero-order chi connectivity index (χ0) is 18.9. The molecule has 0 spiro atoms. The molecule has 2 amide bonds. The molecule has 0 radical (unpaired) electrons. The second-order valence-corrected chi connectivity index (χ2v) is 9.31. The first-order chi connectivity index (χ1) is 12.3. The Kier molecular flexibility index (Phi) is 5.76. The van der Waals surface area contributed by atoms with Gasteiger partial charge in [0.05, 0.1) is 6.26 Å². The number of urea groups is 1. The van der Waals surface area contributed by atoms with Crippen LogP contribution < -0.4 is 5.32 Å². The molecule has 7 nitrogen and oxygen atoms in total. The largest absolute Gasteiger partial charge is 0.322 e. The first kappa shape index (κ1) is 19.4. The van der Waals surface area contributed by atoms with Gasteiger partial charge in [0.15, 0.2) is 0 Å². The molecule has 1 aromatic rings. The van der Waals surface area contributed by atoms with Gasteiger partial charge in [-0.15, -0.1) is 0 Å². The first-order valence-corrected chi connectivity index (χ1v) is 10.9. The maximum Gasteiger partial charge on any atom is 0.320 e. The molecule has 3 rings (SSSR count). The summed E-state index contributed by atoms with van der Waals surface area (Å²) in [6.07, 6.45) is 1.21. The summed E-state index contributed by atoms with van der Waals surface area (Å²) in [6, 6.07) is 7.93. The average Bonchev–Trinajstić information content (AvgIpc) is 3.05. The highest BCUT2D eigenvalue weighted by molar-refractivity contribution is 7.88. The SMILES string of the molecule is CN[C@@H]1CN(C(=O)N2CCN(S(C)(=O)=O)CC2)C[C@H]1c1ccc(Cl)cc1. The number of halogens is 1. The van der Waals surface area contributed by atoms with Crippen LogP contribution in [0, 0.1) is 0 Å². The number of rotatable bonds is 3.